The maximum absolute atomic E-state index is 12.1. The van der Waals surface area contributed by atoms with Crippen LogP contribution in [0.3, 0.4) is 0 Å². The minimum absolute atomic E-state index is 0.0990. The number of carbonyl (C=O) groups is 1. The molecule has 0 aromatic carbocycles. The second-order valence-corrected chi connectivity index (χ2v) is 4.00. The van der Waals surface area contributed by atoms with Crippen molar-refractivity contribution in [1.29, 1.82) is 0 Å². The molecule has 1 aliphatic rings. The Bertz CT molecular complexity index is 239. The first kappa shape index (κ1) is 13.3. The number of nitrogens with one attached hydrogen (secondary N) is 1. The molecule has 3 nitrogen and oxygen atoms in total. The van der Waals surface area contributed by atoms with Gasteiger partial charge in [0.05, 0.1) is 0 Å². The summed E-state index contributed by atoms with van der Waals surface area (Å²) >= 11 is 0. The number of halogens is 3. The number of alkyl halides is 3. The average molecular weight is 238 g/mol. The van der Waals surface area contributed by atoms with E-state index in [1.165, 1.54) is 0 Å². The lowest BCUT2D eigenvalue weighted by Crippen LogP contribution is -2.40. The van der Waals surface area contributed by atoms with Gasteiger partial charge in [-0.3, -0.25) is 4.79 Å². The van der Waals surface area contributed by atoms with Gasteiger partial charge in [0, 0.05) is 25.6 Å². The molecule has 1 fully saturated rings. The van der Waals surface area contributed by atoms with Crippen LogP contribution in [0.4, 0.5) is 13.2 Å². The van der Waals surface area contributed by atoms with Crippen molar-refractivity contribution in [2.75, 3.05) is 19.6 Å². The topological polar surface area (TPSA) is 32.3 Å². The van der Waals surface area contributed by atoms with Crippen LogP contribution in [0, 0.1) is 0 Å². The fourth-order valence-corrected chi connectivity index (χ4v) is 1.42. The summed E-state index contributed by atoms with van der Waals surface area (Å²) in [6, 6.07) is 0.477. The Morgan fingerprint density at radius 1 is 1.44 bits per heavy atom. The van der Waals surface area contributed by atoms with E-state index in [0.717, 1.165) is 17.7 Å². The Labute approximate surface area is 93.0 Å². The molecule has 1 amide bonds. The van der Waals surface area contributed by atoms with Crippen molar-refractivity contribution in [3.8, 4) is 0 Å². The molecule has 0 heterocycles. The predicted molar refractivity (Wildman–Crippen MR) is 54.0 cm³/mol. The Kier molecular flexibility index (Phi) is 4.58. The smallest absolute Gasteiger partial charge is 0.334 e. The molecular formula is C10H17F3N2O. The van der Waals surface area contributed by atoms with Crippen LogP contribution >= 0.6 is 0 Å². The molecule has 94 valence electrons. The van der Waals surface area contributed by atoms with Crippen LogP contribution in [-0.2, 0) is 4.79 Å². The summed E-state index contributed by atoms with van der Waals surface area (Å²) in [7, 11) is 0. The van der Waals surface area contributed by atoms with Crippen molar-refractivity contribution in [2.24, 2.45) is 0 Å². The van der Waals surface area contributed by atoms with Crippen molar-refractivity contribution in [3.63, 3.8) is 0 Å². The molecule has 1 saturated carbocycles. The van der Waals surface area contributed by atoms with Gasteiger partial charge >= 0.3 is 6.18 Å². The predicted octanol–water partition coefficient (Wildman–Crippen LogP) is 1.54. The summed E-state index contributed by atoms with van der Waals surface area (Å²) in [6.07, 6.45) is -1.96. The highest BCUT2D eigenvalue weighted by molar-refractivity contribution is 5.76. The summed E-state index contributed by atoms with van der Waals surface area (Å²) in [4.78, 5) is 12.3. The molecule has 0 aromatic rings. The highest BCUT2D eigenvalue weighted by atomic mass is 19.4. The number of hydrogen-bond donors (Lipinski definition) is 1. The highest BCUT2D eigenvalue weighted by Crippen LogP contribution is 2.19. The fraction of sp³-hybridized carbons (Fsp3) is 0.900. The molecule has 0 atom stereocenters. The number of carbonyl (C=O) groups excluding carboxylic acids is 1. The largest absolute Gasteiger partial charge is 0.406 e. The first-order chi connectivity index (χ1) is 7.42. The van der Waals surface area contributed by atoms with Gasteiger partial charge in [0.2, 0.25) is 5.91 Å². The normalized spacial score (nSPS) is 16.2. The van der Waals surface area contributed by atoms with Crippen molar-refractivity contribution in [2.45, 2.75) is 38.4 Å². The van der Waals surface area contributed by atoms with Gasteiger partial charge in [0.25, 0.3) is 0 Å². The molecule has 0 aliphatic heterocycles. The standard InChI is InChI=1S/C10H17F3N2O/c1-2-15(7-10(11,12)13)9(16)5-6-14-8-3-4-8/h8,14H,2-7H2,1H3. The lowest BCUT2D eigenvalue weighted by atomic mass is 10.3. The Morgan fingerprint density at radius 2 is 2.06 bits per heavy atom. The van der Waals surface area contributed by atoms with E-state index in [4.69, 9.17) is 0 Å². The van der Waals surface area contributed by atoms with Crippen LogP contribution in [0.25, 0.3) is 0 Å². The zero-order chi connectivity index (χ0) is 12.2. The van der Waals surface area contributed by atoms with E-state index in [-0.39, 0.29) is 13.0 Å². The summed E-state index contributed by atoms with van der Waals surface area (Å²) < 4.78 is 36.3. The van der Waals surface area contributed by atoms with Crippen LogP contribution in [0.15, 0.2) is 0 Å². The minimum atomic E-state index is -4.31. The molecule has 0 radical (unpaired) electrons. The Balaban J connectivity index is 2.24. The average Bonchev–Trinajstić information content (AvgIpc) is 2.96. The lowest BCUT2D eigenvalue weighted by molar-refractivity contribution is -0.160. The van der Waals surface area contributed by atoms with E-state index in [0.29, 0.717) is 12.6 Å². The molecule has 1 N–H and O–H groups in total. The quantitative estimate of drug-likeness (QED) is 0.761. The molecule has 1 aliphatic carbocycles. The molecule has 0 bridgehead atoms. The van der Waals surface area contributed by atoms with Crippen LogP contribution in [0.5, 0.6) is 0 Å². The zero-order valence-electron chi connectivity index (χ0n) is 9.31. The molecule has 0 unspecified atom stereocenters. The van der Waals surface area contributed by atoms with Gasteiger partial charge in [-0.15, -0.1) is 0 Å². The summed E-state index contributed by atoms with van der Waals surface area (Å²) in [5.74, 6) is -0.437. The molecule has 0 aromatic heterocycles. The van der Waals surface area contributed by atoms with Gasteiger partial charge in [-0.25, -0.2) is 0 Å². The van der Waals surface area contributed by atoms with E-state index >= 15 is 0 Å². The van der Waals surface area contributed by atoms with Crippen molar-refractivity contribution >= 4 is 5.91 Å². The molecule has 0 spiro atoms. The summed E-state index contributed by atoms with van der Waals surface area (Å²) in [5.41, 5.74) is 0. The highest BCUT2D eigenvalue weighted by Gasteiger charge is 2.32. The third kappa shape index (κ3) is 5.34. The Morgan fingerprint density at radius 3 is 2.50 bits per heavy atom. The first-order valence-corrected chi connectivity index (χ1v) is 5.50. The second-order valence-electron chi connectivity index (χ2n) is 4.00. The van der Waals surface area contributed by atoms with E-state index in [9.17, 15) is 18.0 Å². The monoisotopic (exact) mass is 238 g/mol. The van der Waals surface area contributed by atoms with Crippen LogP contribution < -0.4 is 5.32 Å². The number of amides is 1. The molecule has 16 heavy (non-hydrogen) atoms. The molecular weight excluding hydrogens is 221 g/mol. The van der Waals surface area contributed by atoms with Crippen molar-refractivity contribution < 1.29 is 18.0 Å². The SMILES string of the molecule is CCN(CC(F)(F)F)C(=O)CCNC1CC1. The van der Waals surface area contributed by atoms with Crippen LogP contribution in [0.2, 0.25) is 0 Å². The minimum Gasteiger partial charge on any atom is -0.334 e. The third-order valence-corrected chi connectivity index (χ3v) is 2.45. The Hall–Kier alpha value is -0.780. The van der Waals surface area contributed by atoms with Gasteiger partial charge in [-0.1, -0.05) is 0 Å². The van der Waals surface area contributed by atoms with E-state index in [1.54, 1.807) is 6.92 Å². The van der Waals surface area contributed by atoms with Crippen LogP contribution in [0.1, 0.15) is 26.2 Å². The van der Waals surface area contributed by atoms with E-state index in [2.05, 4.69) is 5.32 Å². The van der Waals surface area contributed by atoms with Gasteiger partial charge in [0.15, 0.2) is 0 Å². The van der Waals surface area contributed by atoms with Gasteiger partial charge < -0.3 is 10.2 Å². The van der Waals surface area contributed by atoms with Gasteiger partial charge in [-0.05, 0) is 19.8 Å². The van der Waals surface area contributed by atoms with Crippen molar-refractivity contribution in [1.82, 2.24) is 10.2 Å². The lowest BCUT2D eigenvalue weighted by Gasteiger charge is -2.22. The maximum Gasteiger partial charge on any atom is 0.406 e. The molecule has 1 rings (SSSR count). The van der Waals surface area contributed by atoms with Crippen LogP contribution in [-0.4, -0.2) is 42.7 Å². The van der Waals surface area contributed by atoms with E-state index in [1.807, 2.05) is 0 Å². The zero-order valence-corrected chi connectivity index (χ0v) is 9.31. The number of nitrogens with zero attached hydrogens (tertiary/aromatic N) is 1. The number of hydrogen-bond acceptors (Lipinski definition) is 2. The maximum atomic E-state index is 12.1. The molecule has 0 saturated heterocycles. The number of rotatable bonds is 6. The second kappa shape index (κ2) is 5.52. The third-order valence-electron chi connectivity index (χ3n) is 2.45. The summed E-state index contributed by atoms with van der Waals surface area (Å²) in [5, 5.41) is 3.10. The first-order valence-electron chi connectivity index (χ1n) is 5.50. The molecule has 6 heteroatoms. The van der Waals surface area contributed by atoms with E-state index < -0.39 is 18.6 Å². The fourth-order valence-electron chi connectivity index (χ4n) is 1.42. The summed E-state index contributed by atoms with van der Waals surface area (Å²) in [6.45, 7) is 0.976. The van der Waals surface area contributed by atoms with Crippen molar-refractivity contribution in [3.05, 3.63) is 0 Å². The van der Waals surface area contributed by atoms with Gasteiger partial charge in [-0.2, -0.15) is 13.2 Å². The van der Waals surface area contributed by atoms with Gasteiger partial charge in [0.1, 0.15) is 6.54 Å².